The molecule has 0 amide bonds. The van der Waals surface area contributed by atoms with E-state index >= 15 is 0 Å². The standard InChI is InChI=1S/C7H11O2/c1-5-3-7(6(5)2)9-4-8/h5-7H,3H2,1-2H3. The quantitative estimate of drug-likeness (QED) is 0.555. The summed E-state index contributed by atoms with van der Waals surface area (Å²) in [4.78, 5) is 9.71. The van der Waals surface area contributed by atoms with Crippen molar-refractivity contribution in [2.24, 2.45) is 11.8 Å². The summed E-state index contributed by atoms with van der Waals surface area (Å²) in [5, 5.41) is 0. The lowest BCUT2D eigenvalue weighted by Gasteiger charge is -2.38. The van der Waals surface area contributed by atoms with Gasteiger partial charge >= 0.3 is 6.47 Å². The summed E-state index contributed by atoms with van der Waals surface area (Å²) >= 11 is 0. The lowest BCUT2D eigenvalue weighted by atomic mass is 9.73. The van der Waals surface area contributed by atoms with Crippen LogP contribution in [0.3, 0.4) is 0 Å². The summed E-state index contributed by atoms with van der Waals surface area (Å²) in [6, 6.07) is 0. The molecule has 3 atom stereocenters. The van der Waals surface area contributed by atoms with Gasteiger partial charge in [-0.25, -0.2) is 4.79 Å². The minimum atomic E-state index is 0.150. The summed E-state index contributed by atoms with van der Waals surface area (Å²) in [5.41, 5.74) is 0. The van der Waals surface area contributed by atoms with Crippen LogP contribution in [-0.4, -0.2) is 12.6 Å². The van der Waals surface area contributed by atoms with Crippen LogP contribution in [-0.2, 0) is 9.53 Å². The van der Waals surface area contributed by atoms with Crippen LogP contribution in [0.4, 0.5) is 0 Å². The molecule has 0 aliphatic heterocycles. The largest absolute Gasteiger partial charge is 0.454 e. The third-order valence-corrected chi connectivity index (χ3v) is 2.29. The van der Waals surface area contributed by atoms with Crippen molar-refractivity contribution in [1.29, 1.82) is 0 Å². The lowest BCUT2D eigenvalue weighted by molar-refractivity contribution is -0.00530. The van der Waals surface area contributed by atoms with Gasteiger partial charge in [0.1, 0.15) is 6.10 Å². The van der Waals surface area contributed by atoms with Crippen LogP contribution < -0.4 is 0 Å². The highest BCUT2D eigenvalue weighted by Gasteiger charge is 2.35. The summed E-state index contributed by atoms with van der Waals surface area (Å²) in [6.45, 7) is 5.73. The first-order valence-corrected chi connectivity index (χ1v) is 3.28. The van der Waals surface area contributed by atoms with Crippen molar-refractivity contribution in [1.82, 2.24) is 0 Å². The summed E-state index contributed by atoms with van der Waals surface area (Å²) in [5.74, 6) is 1.25. The fourth-order valence-corrected chi connectivity index (χ4v) is 1.18. The van der Waals surface area contributed by atoms with Gasteiger partial charge in [-0.05, 0) is 18.3 Å². The van der Waals surface area contributed by atoms with E-state index in [4.69, 9.17) is 0 Å². The monoisotopic (exact) mass is 127 g/mol. The molecule has 1 rings (SSSR count). The number of hydrogen-bond donors (Lipinski definition) is 0. The van der Waals surface area contributed by atoms with E-state index in [0.717, 1.165) is 6.42 Å². The molecule has 0 aromatic heterocycles. The summed E-state index contributed by atoms with van der Waals surface area (Å²) in [6.07, 6.45) is 1.16. The molecule has 1 aliphatic carbocycles. The Kier molecular flexibility index (Phi) is 1.74. The molecule has 0 N–H and O–H groups in total. The lowest BCUT2D eigenvalue weighted by Crippen LogP contribution is -2.39. The Bertz CT molecular complexity index is 111. The molecule has 0 heterocycles. The van der Waals surface area contributed by atoms with E-state index in [9.17, 15) is 4.79 Å². The summed E-state index contributed by atoms with van der Waals surface area (Å²) < 4.78 is 4.65. The molecule has 1 radical (unpaired) electrons. The van der Waals surface area contributed by atoms with Gasteiger partial charge in [0, 0.05) is 0 Å². The third kappa shape index (κ3) is 1.07. The smallest absolute Gasteiger partial charge is 0.417 e. The number of hydrogen-bond acceptors (Lipinski definition) is 2. The highest BCUT2D eigenvalue weighted by atomic mass is 16.5. The van der Waals surface area contributed by atoms with E-state index in [1.807, 2.05) is 0 Å². The highest BCUT2D eigenvalue weighted by Crippen LogP contribution is 2.35. The fourth-order valence-electron chi connectivity index (χ4n) is 1.18. The molecule has 0 spiro atoms. The maximum atomic E-state index is 9.71. The van der Waals surface area contributed by atoms with Crippen LogP contribution in [0.25, 0.3) is 0 Å². The zero-order chi connectivity index (χ0) is 6.85. The molecule has 0 bridgehead atoms. The van der Waals surface area contributed by atoms with E-state index in [-0.39, 0.29) is 6.10 Å². The van der Waals surface area contributed by atoms with Crippen LogP contribution in [0.1, 0.15) is 20.3 Å². The maximum absolute atomic E-state index is 9.71. The van der Waals surface area contributed by atoms with Gasteiger partial charge in [0.2, 0.25) is 0 Å². The second-order valence-corrected chi connectivity index (χ2v) is 2.81. The van der Waals surface area contributed by atoms with Crippen molar-refractivity contribution in [3.63, 3.8) is 0 Å². The van der Waals surface area contributed by atoms with Crippen LogP contribution in [0, 0.1) is 11.8 Å². The molecule has 1 aliphatic rings. The molecule has 0 aromatic carbocycles. The van der Waals surface area contributed by atoms with Crippen LogP contribution in [0.15, 0.2) is 0 Å². The Hall–Kier alpha value is -0.530. The van der Waals surface area contributed by atoms with E-state index in [2.05, 4.69) is 18.6 Å². The maximum Gasteiger partial charge on any atom is 0.417 e. The first-order valence-electron chi connectivity index (χ1n) is 3.28. The molecule has 3 unspecified atom stereocenters. The SMILES string of the molecule is CC1CC(O[C]=O)C1C. The van der Waals surface area contributed by atoms with E-state index < -0.39 is 0 Å². The zero-order valence-electron chi connectivity index (χ0n) is 5.76. The van der Waals surface area contributed by atoms with Gasteiger partial charge in [-0.3, -0.25) is 0 Å². The van der Waals surface area contributed by atoms with Gasteiger partial charge in [-0.2, -0.15) is 0 Å². The van der Waals surface area contributed by atoms with Crippen LogP contribution in [0.2, 0.25) is 0 Å². The number of rotatable bonds is 2. The number of ether oxygens (including phenoxy) is 1. The average molecular weight is 127 g/mol. The van der Waals surface area contributed by atoms with Gasteiger partial charge in [-0.1, -0.05) is 13.8 Å². The van der Waals surface area contributed by atoms with Gasteiger partial charge in [0.15, 0.2) is 0 Å². The molecule has 9 heavy (non-hydrogen) atoms. The van der Waals surface area contributed by atoms with Gasteiger partial charge < -0.3 is 4.74 Å². The van der Waals surface area contributed by atoms with E-state index in [1.165, 1.54) is 6.47 Å². The Morgan fingerprint density at radius 2 is 2.22 bits per heavy atom. The van der Waals surface area contributed by atoms with Crippen LogP contribution >= 0.6 is 0 Å². The van der Waals surface area contributed by atoms with E-state index in [0.29, 0.717) is 11.8 Å². The molecule has 0 saturated heterocycles. The Morgan fingerprint density at radius 3 is 2.56 bits per heavy atom. The molecule has 51 valence electrons. The van der Waals surface area contributed by atoms with Gasteiger partial charge in [0.05, 0.1) is 0 Å². The zero-order valence-corrected chi connectivity index (χ0v) is 5.76. The molecule has 2 nitrogen and oxygen atoms in total. The predicted octanol–water partition coefficient (Wildman–Crippen LogP) is 1.11. The second kappa shape index (κ2) is 2.38. The predicted molar refractivity (Wildman–Crippen MR) is 33.5 cm³/mol. The molecule has 2 heteroatoms. The van der Waals surface area contributed by atoms with Gasteiger partial charge in [0.25, 0.3) is 0 Å². The molecular weight excluding hydrogens is 116 g/mol. The minimum Gasteiger partial charge on any atom is -0.454 e. The van der Waals surface area contributed by atoms with Crippen molar-refractivity contribution >= 4 is 6.47 Å². The van der Waals surface area contributed by atoms with Crippen LogP contribution in [0.5, 0.6) is 0 Å². The van der Waals surface area contributed by atoms with Crippen molar-refractivity contribution in [2.45, 2.75) is 26.4 Å². The topological polar surface area (TPSA) is 26.3 Å². The van der Waals surface area contributed by atoms with Crippen molar-refractivity contribution in [3.05, 3.63) is 0 Å². The van der Waals surface area contributed by atoms with Crippen molar-refractivity contribution in [3.8, 4) is 0 Å². The minimum absolute atomic E-state index is 0.150. The molecule has 0 aromatic rings. The van der Waals surface area contributed by atoms with Crippen molar-refractivity contribution < 1.29 is 9.53 Å². The van der Waals surface area contributed by atoms with E-state index in [1.54, 1.807) is 0 Å². The molecular formula is C7H11O2. The Labute approximate surface area is 55.2 Å². The number of carbonyl (C=O) groups excluding carboxylic acids is 1. The molecule has 1 fully saturated rings. The first-order chi connectivity index (χ1) is 4.25. The fraction of sp³-hybridized carbons (Fsp3) is 0.857. The normalized spacial score (nSPS) is 41.3. The average Bonchev–Trinajstić information content (AvgIpc) is 1.88. The van der Waals surface area contributed by atoms with Gasteiger partial charge in [-0.15, -0.1) is 0 Å². The highest BCUT2D eigenvalue weighted by molar-refractivity contribution is 5.39. The second-order valence-electron chi connectivity index (χ2n) is 2.81. The summed E-state index contributed by atoms with van der Waals surface area (Å²) in [7, 11) is 0. The third-order valence-electron chi connectivity index (χ3n) is 2.29. The Balaban J connectivity index is 2.24. The van der Waals surface area contributed by atoms with Crippen molar-refractivity contribution in [2.75, 3.05) is 0 Å². The first kappa shape index (κ1) is 6.59. The Morgan fingerprint density at radius 1 is 1.56 bits per heavy atom. The molecule has 1 saturated carbocycles.